The first-order chi connectivity index (χ1) is 6.43. The van der Waals surface area contributed by atoms with Crippen LogP contribution in [0.15, 0.2) is 12.1 Å². The van der Waals surface area contributed by atoms with Crippen molar-refractivity contribution in [1.29, 1.82) is 0 Å². The summed E-state index contributed by atoms with van der Waals surface area (Å²) in [5.74, 6) is -2.45. The fourth-order valence-electron chi connectivity index (χ4n) is 1.04. The number of nitrogens with zero attached hydrogens (tertiary/aromatic N) is 1. The minimum absolute atomic E-state index is 0.158. The maximum atomic E-state index is 12.9. The van der Waals surface area contributed by atoms with E-state index in [0.717, 1.165) is 6.07 Å². The smallest absolute Gasteiger partial charge is 0.336 e. The first-order valence-corrected chi connectivity index (χ1v) is 3.61. The van der Waals surface area contributed by atoms with Gasteiger partial charge in [0.05, 0.1) is 10.5 Å². The molecule has 0 bridgehead atoms. The van der Waals surface area contributed by atoms with Crippen molar-refractivity contribution in [3.63, 3.8) is 0 Å². The van der Waals surface area contributed by atoms with Crippen LogP contribution in [0.4, 0.5) is 10.1 Å². The van der Waals surface area contributed by atoms with E-state index in [9.17, 15) is 19.3 Å². The van der Waals surface area contributed by atoms with E-state index in [1.807, 2.05) is 0 Å². The summed E-state index contributed by atoms with van der Waals surface area (Å²) < 4.78 is 12.9. The number of carboxylic acids is 1. The van der Waals surface area contributed by atoms with Gasteiger partial charge in [-0.2, -0.15) is 4.39 Å². The number of nitro groups is 1. The Morgan fingerprint density at radius 1 is 1.57 bits per heavy atom. The number of rotatable bonds is 2. The summed E-state index contributed by atoms with van der Waals surface area (Å²) >= 11 is 0. The highest BCUT2D eigenvalue weighted by Crippen LogP contribution is 2.21. The van der Waals surface area contributed by atoms with E-state index in [4.69, 9.17) is 5.11 Å². The van der Waals surface area contributed by atoms with Crippen molar-refractivity contribution in [3.8, 4) is 0 Å². The summed E-state index contributed by atoms with van der Waals surface area (Å²) in [7, 11) is 0. The van der Waals surface area contributed by atoms with Crippen molar-refractivity contribution in [3.05, 3.63) is 39.2 Å². The van der Waals surface area contributed by atoms with E-state index in [1.165, 1.54) is 6.92 Å². The molecule has 0 radical (unpaired) electrons. The summed E-state index contributed by atoms with van der Waals surface area (Å²) in [6, 6.07) is 1.55. The second kappa shape index (κ2) is 3.41. The van der Waals surface area contributed by atoms with Gasteiger partial charge in [0.2, 0.25) is 5.82 Å². The molecule has 0 atom stereocenters. The first-order valence-electron chi connectivity index (χ1n) is 3.61. The largest absolute Gasteiger partial charge is 0.478 e. The van der Waals surface area contributed by atoms with E-state index >= 15 is 0 Å². The molecule has 1 N–H and O–H groups in total. The zero-order valence-corrected chi connectivity index (χ0v) is 7.15. The van der Waals surface area contributed by atoms with Crippen LogP contribution in [0.5, 0.6) is 0 Å². The number of benzene rings is 1. The van der Waals surface area contributed by atoms with Gasteiger partial charge in [0, 0.05) is 6.07 Å². The van der Waals surface area contributed by atoms with Gasteiger partial charge in [-0.3, -0.25) is 10.1 Å². The molecule has 74 valence electrons. The fourth-order valence-corrected chi connectivity index (χ4v) is 1.04. The molecular formula is C8H6FNO4. The molecule has 0 saturated heterocycles. The molecule has 0 amide bonds. The maximum Gasteiger partial charge on any atom is 0.336 e. The lowest BCUT2D eigenvalue weighted by molar-refractivity contribution is -0.387. The average Bonchev–Trinajstić information content (AvgIpc) is 2.07. The number of nitro benzene ring substituents is 1. The number of hydrogen-bond acceptors (Lipinski definition) is 3. The standard InChI is InChI=1S/C8H6FNO4/c1-4-2-7(10(13)14)6(9)3-5(4)8(11)12/h2-3H,1H3,(H,11,12). The molecule has 0 aromatic heterocycles. The molecule has 0 unspecified atom stereocenters. The molecule has 0 aliphatic carbocycles. The van der Waals surface area contributed by atoms with Crippen molar-refractivity contribution in [1.82, 2.24) is 0 Å². The van der Waals surface area contributed by atoms with Crippen LogP contribution in [0, 0.1) is 22.9 Å². The van der Waals surface area contributed by atoms with Crippen LogP contribution in [0.3, 0.4) is 0 Å². The van der Waals surface area contributed by atoms with E-state index < -0.39 is 22.4 Å². The second-order valence-corrected chi connectivity index (χ2v) is 2.68. The fraction of sp³-hybridized carbons (Fsp3) is 0.125. The average molecular weight is 199 g/mol. The SMILES string of the molecule is Cc1cc([N+](=O)[O-])c(F)cc1C(=O)O. The summed E-state index contributed by atoms with van der Waals surface area (Å²) in [6.07, 6.45) is 0. The number of aryl methyl sites for hydroxylation is 1. The van der Waals surface area contributed by atoms with Crippen LogP contribution < -0.4 is 0 Å². The molecule has 1 aromatic carbocycles. The first kappa shape index (κ1) is 10.1. The number of halogens is 1. The quantitative estimate of drug-likeness (QED) is 0.581. The monoisotopic (exact) mass is 199 g/mol. The molecule has 0 aliphatic rings. The molecule has 0 spiro atoms. The summed E-state index contributed by atoms with van der Waals surface area (Å²) in [5, 5.41) is 18.9. The van der Waals surface area contributed by atoms with E-state index in [1.54, 1.807) is 0 Å². The van der Waals surface area contributed by atoms with Crippen LogP contribution in [0.2, 0.25) is 0 Å². The van der Waals surface area contributed by atoms with Gasteiger partial charge in [-0.25, -0.2) is 4.79 Å². The Labute approximate surface area is 77.9 Å². The van der Waals surface area contributed by atoms with Crippen LogP contribution in [0.1, 0.15) is 15.9 Å². The molecule has 5 nitrogen and oxygen atoms in total. The summed E-state index contributed by atoms with van der Waals surface area (Å²) in [4.78, 5) is 19.9. The van der Waals surface area contributed by atoms with Crippen molar-refractivity contribution in [2.75, 3.05) is 0 Å². The van der Waals surface area contributed by atoms with Gasteiger partial charge in [0.1, 0.15) is 0 Å². The van der Waals surface area contributed by atoms with E-state index in [-0.39, 0.29) is 11.1 Å². The molecule has 14 heavy (non-hydrogen) atoms. The Morgan fingerprint density at radius 2 is 2.14 bits per heavy atom. The van der Waals surface area contributed by atoms with Crippen LogP contribution in [-0.2, 0) is 0 Å². The third-order valence-corrected chi connectivity index (χ3v) is 1.72. The molecule has 0 heterocycles. The highest BCUT2D eigenvalue weighted by atomic mass is 19.1. The van der Waals surface area contributed by atoms with Gasteiger partial charge in [-0.15, -0.1) is 0 Å². The van der Waals surface area contributed by atoms with Gasteiger partial charge in [0.25, 0.3) is 0 Å². The lowest BCUT2D eigenvalue weighted by Crippen LogP contribution is -2.03. The van der Waals surface area contributed by atoms with Crippen molar-refractivity contribution < 1.29 is 19.2 Å². The van der Waals surface area contributed by atoms with E-state index in [2.05, 4.69) is 0 Å². The maximum absolute atomic E-state index is 12.9. The number of carbonyl (C=O) groups is 1. The predicted octanol–water partition coefficient (Wildman–Crippen LogP) is 1.74. The molecule has 0 saturated carbocycles. The molecule has 0 aliphatic heterocycles. The van der Waals surface area contributed by atoms with Crippen LogP contribution in [-0.4, -0.2) is 16.0 Å². The van der Waals surface area contributed by atoms with Crippen molar-refractivity contribution in [2.24, 2.45) is 0 Å². The van der Waals surface area contributed by atoms with E-state index in [0.29, 0.717) is 6.07 Å². The molecular weight excluding hydrogens is 193 g/mol. The third kappa shape index (κ3) is 1.68. The number of carboxylic acid groups (broad SMARTS) is 1. The summed E-state index contributed by atoms with van der Waals surface area (Å²) in [6.45, 7) is 1.37. The zero-order chi connectivity index (χ0) is 10.9. The highest BCUT2D eigenvalue weighted by Gasteiger charge is 2.19. The third-order valence-electron chi connectivity index (χ3n) is 1.72. The van der Waals surface area contributed by atoms with Crippen LogP contribution >= 0.6 is 0 Å². The molecule has 1 aromatic rings. The van der Waals surface area contributed by atoms with Crippen molar-refractivity contribution in [2.45, 2.75) is 6.92 Å². The minimum atomic E-state index is -1.31. The summed E-state index contributed by atoms with van der Waals surface area (Å²) in [5.41, 5.74) is -0.828. The van der Waals surface area contributed by atoms with Gasteiger partial charge >= 0.3 is 11.7 Å². The van der Waals surface area contributed by atoms with Crippen molar-refractivity contribution >= 4 is 11.7 Å². The Bertz CT molecular complexity index is 376. The van der Waals surface area contributed by atoms with Gasteiger partial charge in [-0.1, -0.05) is 0 Å². The molecule has 6 heteroatoms. The van der Waals surface area contributed by atoms with Gasteiger partial charge in [-0.05, 0) is 18.6 Å². The van der Waals surface area contributed by atoms with Gasteiger partial charge in [0.15, 0.2) is 0 Å². The number of aromatic carboxylic acids is 1. The lowest BCUT2D eigenvalue weighted by atomic mass is 10.1. The molecule has 0 fully saturated rings. The Balaban J connectivity index is 3.38. The Kier molecular flexibility index (Phi) is 2.46. The van der Waals surface area contributed by atoms with Gasteiger partial charge < -0.3 is 5.11 Å². The Morgan fingerprint density at radius 3 is 2.57 bits per heavy atom. The number of hydrogen-bond donors (Lipinski definition) is 1. The predicted molar refractivity (Wildman–Crippen MR) is 44.8 cm³/mol. The van der Waals surface area contributed by atoms with Crippen LogP contribution in [0.25, 0.3) is 0 Å². The molecule has 1 rings (SSSR count). The second-order valence-electron chi connectivity index (χ2n) is 2.68. The zero-order valence-electron chi connectivity index (χ0n) is 7.15. The normalized spacial score (nSPS) is 9.86. The topological polar surface area (TPSA) is 80.4 Å². The Hall–Kier alpha value is -1.98. The lowest BCUT2D eigenvalue weighted by Gasteiger charge is -2.00. The highest BCUT2D eigenvalue weighted by molar-refractivity contribution is 5.89. The minimum Gasteiger partial charge on any atom is -0.478 e.